The van der Waals surface area contributed by atoms with Crippen molar-refractivity contribution in [1.82, 2.24) is 29.2 Å². The monoisotopic (exact) mass is 526 g/mol. The first kappa shape index (κ1) is 25.3. The summed E-state index contributed by atoms with van der Waals surface area (Å²) in [4.78, 5) is 32.3. The van der Waals surface area contributed by atoms with Crippen molar-refractivity contribution < 1.29 is 5.11 Å². The van der Waals surface area contributed by atoms with E-state index in [1.54, 1.807) is 35.5 Å². The van der Waals surface area contributed by atoms with E-state index in [-0.39, 0.29) is 11.6 Å². The zero-order valence-electron chi connectivity index (χ0n) is 22.6. The second kappa shape index (κ2) is 9.94. The molecule has 1 atom stereocenters. The van der Waals surface area contributed by atoms with Crippen LogP contribution in [0.5, 0.6) is 0 Å². The van der Waals surface area contributed by atoms with Crippen molar-refractivity contribution in [2.75, 3.05) is 43.4 Å². The Bertz CT molecular complexity index is 1570. The maximum atomic E-state index is 13.6. The van der Waals surface area contributed by atoms with Crippen LogP contribution in [0.15, 0.2) is 65.6 Å². The van der Waals surface area contributed by atoms with Crippen molar-refractivity contribution in [2.24, 2.45) is 0 Å². The first-order valence-electron chi connectivity index (χ1n) is 13.5. The minimum Gasteiger partial charge on any atom is -0.384 e. The Morgan fingerprint density at radius 3 is 2.49 bits per heavy atom. The van der Waals surface area contributed by atoms with Gasteiger partial charge in [-0.1, -0.05) is 18.2 Å². The highest BCUT2D eigenvalue weighted by Gasteiger charge is 2.25. The Morgan fingerprint density at radius 1 is 1.03 bits per heavy atom. The highest BCUT2D eigenvalue weighted by Crippen LogP contribution is 2.27. The van der Waals surface area contributed by atoms with Gasteiger partial charge in [-0.3, -0.25) is 4.79 Å². The Labute approximate surface area is 227 Å². The molecule has 1 aliphatic heterocycles. The summed E-state index contributed by atoms with van der Waals surface area (Å²) in [7, 11) is 2.15. The molecule has 10 heteroatoms. The molecule has 6 rings (SSSR count). The van der Waals surface area contributed by atoms with E-state index in [2.05, 4.69) is 45.4 Å². The molecule has 4 heterocycles. The summed E-state index contributed by atoms with van der Waals surface area (Å²) >= 11 is 0. The average molecular weight is 527 g/mol. The molecule has 1 aromatic carbocycles. The number of piperazine rings is 1. The van der Waals surface area contributed by atoms with E-state index >= 15 is 0 Å². The van der Waals surface area contributed by atoms with E-state index < -0.39 is 5.60 Å². The third-order valence-electron chi connectivity index (χ3n) is 7.49. The Balaban J connectivity index is 1.38. The molecule has 1 aliphatic carbocycles. The van der Waals surface area contributed by atoms with Gasteiger partial charge in [-0.25, -0.2) is 19.3 Å². The fourth-order valence-electron chi connectivity index (χ4n) is 5.23. The van der Waals surface area contributed by atoms with Crippen molar-refractivity contribution in [1.29, 1.82) is 0 Å². The number of likely N-dealkylation sites (N-methyl/N-ethyl adjacent to an activating group) is 1. The Hall–Kier alpha value is -4.02. The van der Waals surface area contributed by atoms with Crippen LogP contribution in [0.3, 0.4) is 0 Å². The normalized spacial score (nSPS) is 18.3. The second-order valence-electron chi connectivity index (χ2n) is 10.9. The number of nitrogens with one attached hydrogen (secondary N) is 1. The van der Waals surface area contributed by atoms with Crippen molar-refractivity contribution in [3.05, 3.63) is 76.9 Å². The molecule has 202 valence electrons. The van der Waals surface area contributed by atoms with Crippen LogP contribution in [-0.2, 0) is 5.60 Å². The van der Waals surface area contributed by atoms with E-state index in [0.29, 0.717) is 28.5 Å². The van der Waals surface area contributed by atoms with E-state index in [9.17, 15) is 9.90 Å². The van der Waals surface area contributed by atoms with Gasteiger partial charge < -0.3 is 20.2 Å². The van der Waals surface area contributed by atoms with Gasteiger partial charge in [0, 0.05) is 43.8 Å². The molecule has 0 unspecified atom stereocenters. The predicted octanol–water partition coefficient (Wildman–Crippen LogP) is 3.59. The summed E-state index contributed by atoms with van der Waals surface area (Å²) in [5, 5.41) is 14.3. The lowest BCUT2D eigenvalue weighted by atomic mass is 10.1. The average Bonchev–Trinajstić information content (AvgIpc) is 3.55. The first-order valence-corrected chi connectivity index (χ1v) is 13.5. The van der Waals surface area contributed by atoms with Gasteiger partial charge in [-0.15, -0.1) is 0 Å². The van der Waals surface area contributed by atoms with Gasteiger partial charge in [0.2, 0.25) is 5.95 Å². The summed E-state index contributed by atoms with van der Waals surface area (Å²) < 4.78 is 3.46. The number of aromatic nitrogens is 5. The molecule has 10 nitrogen and oxygen atoms in total. The maximum absolute atomic E-state index is 13.6. The zero-order valence-corrected chi connectivity index (χ0v) is 22.6. The molecular formula is C29H34N8O2. The number of nitrogens with zero attached hydrogens (tertiary/aromatic N) is 7. The van der Waals surface area contributed by atoms with Crippen LogP contribution in [0.2, 0.25) is 0 Å². The first-order chi connectivity index (χ1) is 18.8. The fourth-order valence-corrected chi connectivity index (χ4v) is 5.23. The highest BCUT2D eigenvalue weighted by atomic mass is 16.3. The van der Waals surface area contributed by atoms with E-state index in [4.69, 9.17) is 9.97 Å². The van der Waals surface area contributed by atoms with Crippen molar-refractivity contribution in [2.45, 2.75) is 38.3 Å². The smallest absolute Gasteiger partial charge is 0.278 e. The number of benzene rings is 1. The van der Waals surface area contributed by atoms with Crippen LogP contribution in [0.1, 0.15) is 38.4 Å². The third kappa shape index (κ3) is 4.93. The fraction of sp³-hybridized carbons (Fsp3) is 0.379. The van der Waals surface area contributed by atoms with Crippen LogP contribution in [0, 0.1) is 0 Å². The van der Waals surface area contributed by atoms with Gasteiger partial charge in [0.25, 0.3) is 5.56 Å². The molecule has 1 saturated heterocycles. The molecule has 1 fully saturated rings. The van der Waals surface area contributed by atoms with Gasteiger partial charge >= 0.3 is 0 Å². The predicted molar refractivity (Wildman–Crippen MR) is 153 cm³/mol. The SMILES string of the molecule is CN1CCN(c2ccc(Nc3ncc4c(=O)n([C@H]5C=CCC5)n(-c5cccc(C(C)(C)O)n5)c4n3)cc2)CC1. The van der Waals surface area contributed by atoms with Gasteiger partial charge in [-0.2, -0.15) is 4.98 Å². The van der Waals surface area contributed by atoms with E-state index in [1.165, 1.54) is 5.69 Å². The minimum atomic E-state index is -1.13. The quantitative estimate of drug-likeness (QED) is 0.368. The molecule has 0 bridgehead atoms. The number of hydrogen-bond acceptors (Lipinski definition) is 8. The lowest BCUT2D eigenvalue weighted by molar-refractivity contribution is 0.0738. The number of anilines is 3. The van der Waals surface area contributed by atoms with Crippen LogP contribution in [0.4, 0.5) is 17.3 Å². The highest BCUT2D eigenvalue weighted by molar-refractivity contribution is 5.77. The van der Waals surface area contributed by atoms with Crippen LogP contribution in [0.25, 0.3) is 16.9 Å². The molecule has 2 aliphatic rings. The molecule has 0 saturated carbocycles. The molecule has 0 spiro atoms. The largest absolute Gasteiger partial charge is 0.384 e. The third-order valence-corrected chi connectivity index (χ3v) is 7.49. The molecule has 4 aromatic rings. The molecule has 39 heavy (non-hydrogen) atoms. The molecule has 3 aromatic heterocycles. The lowest BCUT2D eigenvalue weighted by Crippen LogP contribution is -2.44. The van der Waals surface area contributed by atoms with Gasteiger partial charge in [0.1, 0.15) is 11.0 Å². The summed E-state index contributed by atoms with van der Waals surface area (Å²) in [6.07, 6.45) is 7.43. The maximum Gasteiger partial charge on any atom is 0.278 e. The zero-order chi connectivity index (χ0) is 27.1. The van der Waals surface area contributed by atoms with Gasteiger partial charge in [-0.05, 0) is 70.1 Å². The number of pyridine rings is 1. The topological polar surface area (TPSA) is 104 Å². The summed E-state index contributed by atoms with van der Waals surface area (Å²) in [5.74, 6) is 0.907. The van der Waals surface area contributed by atoms with Gasteiger partial charge in [0.05, 0.1) is 11.7 Å². The molecule has 0 radical (unpaired) electrons. The minimum absolute atomic E-state index is 0.113. The van der Waals surface area contributed by atoms with E-state index in [0.717, 1.165) is 44.7 Å². The van der Waals surface area contributed by atoms with Gasteiger partial charge in [0.15, 0.2) is 11.5 Å². The number of hydrogen-bond donors (Lipinski definition) is 2. The number of rotatable bonds is 6. The van der Waals surface area contributed by atoms with Crippen LogP contribution >= 0.6 is 0 Å². The lowest BCUT2D eigenvalue weighted by Gasteiger charge is -2.34. The van der Waals surface area contributed by atoms with Crippen molar-refractivity contribution in [3.63, 3.8) is 0 Å². The summed E-state index contributed by atoms with van der Waals surface area (Å²) in [6, 6.07) is 13.6. The van der Waals surface area contributed by atoms with Crippen LogP contribution < -0.4 is 15.8 Å². The van der Waals surface area contributed by atoms with E-state index in [1.807, 2.05) is 30.3 Å². The standard InChI is InChI=1S/C29H34N8O2/c1-29(2,39)24-9-6-10-25(32-24)37-26-23(27(38)36(37)22-7-4-5-8-22)19-30-28(33-26)31-20-11-13-21(14-12-20)35-17-15-34(3)16-18-35/h4,6-7,9-14,19,22,39H,5,8,15-18H2,1-3H3,(H,30,31,33)/t22-/m0/s1. The number of fused-ring (bicyclic) bond motifs is 1. The molecular weight excluding hydrogens is 492 g/mol. The molecule has 0 amide bonds. The Kier molecular flexibility index (Phi) is 6.44. The second-order valence-corrected chi connectivity index (χ2v) is 10.9. The number of allylic oxidation sites excluding steroid dienone is 2. The number of aliphatic hydroxyl groups is 1. The molecule has 2 N–H and O–H groups in total. The van der Waals surface area contributed by atoms with Crippen LogP contribution in [-0.4, -0.2) is 67.5 Å². The van der Waals surface area contributed by atoms with Crippen molar-refractivity contribution in [3.8, 4) is 5.82 Å². The summed E-state index contributed by atoms with van der Waals surface area (Å²) in [6.45, 7) is 7.52. The Morgan fingerprint density at radius 2 is 1.79 bits per heavy atom. The summed E-state index contributed by atoms with van der Waals surface area (Å²) in [5.41, 5.74) is 1.73. The van der Waals surface area contributed by atoms with Crippen molar-refractivity contribution >= 4 is 28.4 Å².